The molecule has 0 amide bonds. The van der Waals surface area contributed by atoms with E-state index in [1.807, 2.05) is 21.1 Å². The van der Waals surface area contributed by atoms with Crippen LogP contribution < -0.4 is 0 Å². The molecule has 2 unspecified atom stereocenters. The van der Waals surface area contributed by atoms with Crippen LogP contribution in [-0.4, -0.2) is 74.9 Å². The van der Waals surface area contributed by atoms with Gasteiger partial charge in [0.1, 0.15) is 19.8 Å². The van der Waals surface area contributed by atoms with Gasteiger partial charge in [-0.25, -0.2) is 4.57 Å². The van der Waals surface area contributed by atoms with Gasteiger partial charge in [0.25, 0.3) is 0 Å². The number of unbranched alkanes of at least 4 members (excludes halogenated alkanes) is 42. The van der Waals surface area contributed by atoms with Crippen molar-refractivity contribution in [3.8, 4) is 0 Å². The van der Waals surface area contributed by atoms with Crippen molar-refractivity contribution >= 4 is 19.8 Å². The Morgan fingerprint density at radius 3 is 0.816 bits per heavy atom. The summed E-state index contributed by atoms with van der Waals surface area (Å²) in [4.78, 5) is 36.0. The average Bonchev–Trinajstić information content (AvgIpc) is 1.14. The second-order valence-electron chi connectivity index (χ2n) is 28.7. The summed E-state index contributed by atoms with van der Waals surface area (Å²) in [6.45, 7) is 4.26. The Labute approximate surface area is 607 Å². The van der Waals surface area contributed by atoms with Crippen molar-refractivity contribution in [3.05, 3.63) is 122 Å². The second-order valence-corrected chi connectivity index (χ2v) is 30.2. The third-order valence-corrected chi connectivity index (χ3v) is 19.0. The van der Waals surface area contributed by atoms with Crippen LogP contribution in [0.5, 0.6) is 0 Å². The third-order valence-electron chi connectivity index (χ3n) is 18.0. The van der Waals surface area contributed by atoms with Gasteiger partial charge in [-0.05, 0) is 103 Å². The fraction of sp³-hybridized carbons (Fsp3) is 0.750. The molecule has 0 saturated carbocycles. The smallest absolute Gasteiger partial charge is 0.462 e. The monoisotopic (exact) mass is 1390 g/mol. The lowest BCUT2D eigenvalue weighted by molar-refractivity contribution is -0.870. The van der Waals surface area contributed by atoms with Crippen LogP contribution in [0.2, 0.25) is 0 Å². The number of likely N-dealkylation sites (N-methyl/N-ethyl adjacent to an activating group) is 1. The summed E-state index contributed by atoms with van der Waals surface area (Å²) in [7, 11) is 1.49. The number of esters is 2. The Hall–Kier alpha value is -3.59. The van der Waals surface area contributed by atoms with Crippen LogP contribution in [0.25, 0.3) is 0 Å². The number of carbonyl (C=O) groups is 2. The predicted molar refractivity (Wildman–Crippen MR) is 427 cm³/mol. The van der Waals surface area contributed by atoms with E-state index in [-0.39, 0.29) is 32.0 Å². The first-order valence-electron chi connectivity index (χ1n) is 41.3. The molecule has 0 fully saturated rings. The molecule has 0 saturated heterocycles. The van der Waals surface area contributed by atoms with Crippen molar-refractivity contribution < 1.29 is 42.1 Å². The number of phosphoric ester groups is 1. The van der Waals surface area contributed by atoms with Crippen molar-refractivity contribution in [1.29, 1.82) is 0 Å². The largest absolute Gasteiger partial charge is 0.472 e. The molecule has 0 spiro atoms. The molecule has 0 aromatic rings. The number of hydrogen-bond acceptors (Lipinski definition) is 7. The summed E-state index contributed by atoms with van der Waals surface area (Å²) in [6, 6.07) is 0. The van der Waals surface area contributed by atoms with Gasteiger partial charge in [-0.3, -0.25) is 18.6 Å². The highest BCUT2D eigenvalue weighted by atomic mass is 31.2. The minimum Gasteiger partial charge on any atom is -0.462 e. The lowest BCUT2D eigenvalue weighted by atomic mass is 10.0. The number of carbonyl (C=O) groups excluding carboxylic acids is 2. The van der Waals surface area contributed by atoms with Gasteiger partial charge in [-0.1, -0.05) is 379 Å². The zero-order chi connectivity index (χ0) is 71.1. The van der Waals surface area contributed by atoms with Gasteiger partial charge < -0.3 is 18.9 Å². The molecule has 98 heavy (non-hydrogen) atoms. The van der Waals surface area contributed by atoms with Crippen LogP contribution in [0.3, 0.4) is 0 Å². The normalized spacial score (nSPS) is 13.7. The first kappa shape index (κ1) is 94.4. The maximum absolute atomic E-state index is 12.9. The number of phosphoric acid groups is 1. The Morgan fingerprint density at radius 2 is 0.551 bits per heavy atom. The molecule has 9 nitrogen and oxygen atoms in total. The quantitative estimate of drug-likeness (QED) is 0.0211. The Morgan fingerprint density at radius 1 is 0.316 bits per heavy atom. The predicted octanol–water partition coefficient (Wildman–Crippen LogP) is 27.7. The molecule has 0 bridgehead atoms. The van der Waals surface area contributed by atoms with E-state index in [0.29, 0.717) is 17.4 Å². The minimum atomic E-state index is -4.40. The van der Waals surface area contributed by atoms with Crippen molar-refractivity contribution in [2.45, 2.75) is 380 Å². The first-order chi connectivity index (χ1) is 48.0. The van der Waals surface area contributed by atoms with E-state index < -0.39 is 26.5 Å². The first-order valence-corrected chi connectivity index (χ1v) is 42.8. The summed E-state index contributed by atoms with van der Waals surface area (Å²) < 4.78 is 34.9. The Balaban J connectivity index is 3.92. The summed E-state index contributed by atoms with van der Waals surface area (Å²) in [5, 5.41) is 0. The summed E-state index contributed by atoms with van der Waals surface area (Å²) in [6.07, 6.45) is 112. The van der Waals surface area contributed by atoms with Gasteiger partial charge in [0.05, 0.1) is 27.7 Å². The maximum Gasteiger partial charge on any atom is 0.472 e. The number of nitrogens with zero attached hydrogens (tertiary/aromatic N) is 1. The SMILES string of the molecule is CC/C=C\C/C=C\C/C=C\C/C=C\C/C=C\CCCCCCCCCCCCCCCCCCCCCCCC(=O)OCC(COP(=O)(O)OCC[N+](C)(C)C)OC(=O)CCCCCCCCCCCCCCCCCCCCCCC/C=C\C/C=C\C/C=C\C/C=C\C/C=C\CC. The van der Waals surface area contributed by atoms with Gasteiger partial charge in [0, 0.05) is 12.8 Å². The minimum absolute atomic E-state index is 0.0311. The lowest BCUT2D eigenvalue weighted by Gasteiger charge is -2.24. The zero-order valence-corrected chi connectivity index (χ0v) is 65.6. The molecule has 0 radical (unpaired) electrons. The number of allylic oxidation sites excluding steroid dienone is 20. The summed E-state index contributed by atoms with van der Waals surface area (Å²) in [5.74, 6) is -0.780. The van der Waals surface area contributed by atoms with Crippen LogP contribution in [0.4, 0.5) is 0 Å². The zero-order valence-electron chi connectivity index (χ0n) is 64.8. The summed E-state index contributed by atoms with van der Waals surface area (Å²) in [5.41, 5.74) is 0. The standard InChI is InChI=1S/C88H156NO8P/c1-6-8-10-12-14-16-18-20-22-24-26-28-30-32-34-36-38-40-42-44-46-48-50-52-54-56-58-60-62-64-66-68-70-72-74-76-78-80-87(90)94-84-86(85-96-98(92,93)95-83-82-89(3,4)5)97-88(91)81-79-77-75-73-71-69-67-65-63-61-59-57-55-53-51-49-47-45-43-41-39-37-35-33-31-29-27-25-23-21-19-17-15-13-11-9-7-2/h8-11,14-17,20-23,26-29,32-35,86H,6-7,12-13,18-19,24-25,30-31,36-85H2,1-5H3/p+1/b10-8-,11-9-,16-14-,17-15-,22-20-,23-21-,28-26-,29-27-,34-32-,35-33-. The van der Waals surface area contributed by atoms with E-state index >= 15 is 0 Å². The highest BCUT2D eigenvalue weighted by Gasteiger charge is 2.27. The van der Waals surface area contributed by atoms with Gasteiger partial charge >= 0.3 is 19.8 Å². The van der Waals surface area contributed by atoms with E-state index in [0.717, 1.165) is 96.3 Å². The molecule has 2 atom stereocenters. The van der Waals surface area contributed by atoms with Gasteiger partial charge in [-0.15, -0.1) is 0 Å². The molecule has 0 aliphatic rings. The summed E-state index contributed by atoms with van der Waals surface area (Å²) >= 11 is 0. The van der Waals surface area contributed by atoms with Gasteiger partial charge in [-0.2, -0.15) is 0 Å². The van der Waals surface area contributed by atoms with Crippen LogP contribution in [0.15, 0.2) is 122 Å². The van der Waals surface area contributed by atoms with Crippen LogP contribution in [-0.2, 0) is 32.7 Å². The molecule has 1 N–H and O–H groups in total. The van der Waals surface area contributed by atoms with Gasteiger partial charge in [0.2, 0.25) is 0 Å². The molecule has 0 aromatic heterocycles. The van der Waals surface area contributed by atoms with E-state index in [1.54, 1.807) is 0 Å². The van der Waals surface area contributed by atoms with E-state index in [1.165, 1.54) is 244 Å². The molecule has 0 aromatic carbocycles. The molecule has 0 aliphatic carbocycles. The molecular formula is C88H157NO8P+. The highest BCUT2D eigenvalue weighted by Crippen LogP contribution is 2.43. The number of hydrogen-bond donors (Lipinski definition) is 1. The van der Waals surface area contributed by atoms with Crippen molar-refractivity contribution in [2.24, 2.45) is 0 Å². The van der Waals surface area contributed by atoms with E-state index in [2.05, 4.69) is 135 Å². The van der Waals surface area contributed by atoms with Crippen molar-refractivity contribution in [1.82, 2.24) is 0 Å². The topological polar surface area (TPSA) is 108 Å². The molecule has 566 valence electrons. The van der Waals surface area contributed by atoms with Crippen LogP contribution in [0, 0.1) is 0 Å². The molecule has 0 aliphatic heterocycles. The van der Waals surface area contributed by atoms with Gasteiger partial charge in [0.15, 0.2) is 6.10 Å². The second kappa shape index (κ2) is 77.6. The fourth-order valence-corrected chi connectivity index (χ4v) is 12.5. The fourth-order valence-electron chi connectivity index (χ4n) is 11.8. The Bertz CT molecular complexity index is 2070. The Kier molecular flexibility index (Phi) is 74.7. The van der Waals surface area contributed by atoms with Crippen LogP contribution in [0.1, 0.15) is 373 Å². The van der Waals surface area contributed by atoms with Crippen molar-refractivity contribution in [2.75, 3.05) is 47.5 Å². The molecule has 0 heterocycles. The maximum atomic E-state index is 12.9. The van der Waals surface area contributed by atoms with E-state index in [4.69, 9.17) is 18.5 Å². The van der Waals surface area contributed by atoms with E-state index in [9.17, 15) is 19.0 Å². The average molecular weight is 1390 g/mol. The number of ether oxygens (including phenoxy) is 2. The van der Waals surface area contributed by atoms with Crippen molar-refractivity contribution in [3.63, 3.8) is 0 Å². The third kappa shape index (κ3) is 81.4. The lowest BCUT2D eigenvalue weighted by Crippen LogP contribution is -2.37. The van der Waals surface area contributed by atoms with Crippen LogP contribution >= 0.6 is 7.82 Å². The molecule has 10 heteroatoms. The molecule has 0 rings (SSSR count). The number of rotatable bonds is 76. The highest BCUT2D eigenvalue weighted by molar-refractivity contribution is 7.47. The number of quaternary nitrogens is 1. The molecular weight excluding hydrogens is 1230 g/mol.